The summed E-state index contributed by atoms with van der Waals surface area (Å²) in [5, 5.41) is 6.34. The van der Waals surface area contributed by atoms with Crippen LogP contribution in [-0.2, 0) is 14.4 Å². The number of nitrogens with one attached hydrogen (secondary N) is 2. The highest BCUT2D eigenvalue weighted by atomic mass is 79.9. The van der Waals surface area contributed by atoms with Crippen molar-refractivity contribution >= 4 is 52.1 Å². The van der Waals surface area contributed by atoms with E-state index in [0.717, 1.165) is 10.0 Å². The van der Waals surface area contributed by atoms with Crippen LogP contribution < -0.4 is 20.2 Å². The molecule has 0 fully saturated rings. The number of amides is 2. The standard InChI is InChI=1S/C26H22BrN3O6/c1-34-21-8-4-18(5-9-21)6-12-24(31)28-17-25(32)30-29-16-19-15-20(27)7-11-23(19)36-26(33)13-10-22-3-2-14-35-22/h2-16H,17H2,1H3,(H,28,31)(H,30,32)/b12-6-,13-10+,29-16?. The van der Waals surface area contributed by atoms with E-state index in [2.05, 4.69) is 31.8 Å². The first-order valence-corrected chi connectivity index (χ1v) is 11.4. The van der Waals surface area contributed by atoms with E-state index in [1.807, 2.05) is 0 Å². The fourth-order valence-corrected chi connectivity index (χ4v) is 3.10. The Morgan fingerprint density at radius 1 is 1.06 bits per heavy atom. The normalized spacial score (nSPS) is 11.2. The van der Waals surface area contributed by atoms with Crippen molar-refractivity contribution in [3.63, 3.8) is 0 Å². The van der Waals surface area contributed by atoms with Crippen LogP contribution in [0.5, 0.6) is 11.5 Å². The Morgan fingerprint density at radius 3 is 2.58 bits per heavy atom. The molecule has 0 radical (unpaired) electrons. The van der Waals surface area contributed by atoms with Crippen molar-refractivity contribution in [2.75, 3.05) is 13.7 Å². The van der Waals surface area contributed by atoms with Gasteiger partial charge in [-0.3, -0.25) is 9.59 Å². The molecule has 1 heterocycles. The predicted octanol–water partition coefficient (Wildman–Crippen LogP) is 3.95. The van der Waals surface area contributed by atoms with Crippen LogP contribution in [0.4, 0.5) is 0 Å². The summed E-state index contributed by atoms with van der Waals surface area (Å²) in [6, 6.07) is 15.5. The summed E-state index contributed by atoms with van der Waals surface area (Å²) in [7, 11) is 1.57. The van der Waals surface area contributed by atoms with Crippen LogP contribution in [0.2, 0.25) is 0 Å². The van der Waals surface area contributed by atoms with E-state index in [4.69, 9.17) is 13.9 Å². The molecule has 0 unspecified atom stereocenters. The lowest BCUT2D eigenvalue weighted by molar-refractivity contribution is -0.129. The van der Waals surface area contributed by atoms with Gasteiger partial charge in [-0.1, -0.05) is 28.1 Å². The maximum atomic E-state index is 12.1. The lowest BCUT2D eigenvalue weighted by atomic mass is 10.2. The summed E-state index contributed by atoms with van der Waals surface area (Å²) in [6.07, 6.45) is 8.47. The van der Waals surface area contributed by atoms with Crippen molar-refractivity contribution in [1.82, 2.24) is 10.7 Å². The van der Waals surface area contributed by atoms with Gasteiger partial charge in [-0.25, -0.2) is 10.2 Å². The number of hydrogen-bond donors (Lipinski definition) is 2. The van der Waals surface area contributed by atoms with Gasteiger partial charge in [0.25, 0.3) is 5.91 Å². The molecule has 0 atom stereocenters. The molecule has 10 heteroatoms. The number of methoxy groups -OCH3 is 1. The van der Waals surface area contributed by atoms with Crippen molar-refractivity contribution in [3.05, 3.63) is 94.4 Å². The fraction of sp³-hybridized carbons (Fsp3) is 0.0769. The molecule has 184 valence electrons. The molecule has 0 bridgehead atoms. The minimum absolute atomic E-state index is 0.238. The lowest BCUT2D eigenvalue weighted by Crippen LogP contribution is -2.34. The third-order valence-corrected chi connectivity index (χ3v) is 4.96. The highest BCUT2D eigenvalue weighted by molar-refractivity contribution is 9.10. The van der Waals surface area contributed by atoms with Crippen LogP contribution in [0.15, 0.2) is 87.0 Å². The van der Waals surface area contributed by atoms with Crippen molar-refractivity contribution in [1.29, 1.82) is 0 Å². The monoisotopic (exact) mass is 551 g/mol. The van der Waals surface area contributed by atoms with Crippen LogP contribution in [0.25, 0.3) is 12.2 Å². The molecule has 0 aliphatic carbocycles. The van der Waals surface area contributed by atoms with Gasteiger partial charge in [-0.15, -0.1) is 0 Å². The van der Waals surface area contributed by atoms with Crippen LogP contribution in [0.1, 0.15) is 16.9 Å². The zero-order chi connectivity index (χ0) is 25.8. The largest absolute Gasteiger partial charge is 0.497 e. The Hall–Kier alpha value is -4.44. The van der Waals surface area contributed by atoms with E-state index in [1.54, 1.807) is 67.8 Å². The molecule has 2 N–H and O–H groups in total. The predicted molar refractivity (Wildman–Crippen MR) is 138 cm³/mol. The van der Waals surface area contributed by atoms with Gasteiger partial charge < -0.3 is 19.2 Å². The first kappa shape index (κ1) is 26.2. The third-order valence-electron chi connectivity index (χ3n) is 4.47. The molecule has 0 aliphatic heterocycles. The summed E-state index contributed by atoms with van der Waals surface area (Å²) in [6.45, 7) is -0.277. The van der Waals surface area contributed by atoms with E-state index < -0.39 is 17.8 Å². The minimum Gasteiger partial charge on any atom is -0.497 e. The van der Waals surface area contributed by atoms with Gasteiger partial charge in [-0.05, 0) is 60.2 Å². The molecule has 9 nitrogen and oxygen atoms in total. The number of rotatable bonds is 10. The quantitative estimate of drug-likeness (QED) is 0.129. The van der Waals surface area contributed by atoms with Crippen molar-refractivity contribution in [2.24, 2.45) is 5.10 Å². The van der Waals surface area contributed by atoms with Gasteiger partial charge in [0.15, 0.2) is 0 Å². The molecule has 3 rings (SSSR count). The van der Waals surface area contributed by atoms with Gasteiger partial charge in [0.1, 0.15) is 17.3 Å². The highest BCUT2D eigenvalue weighted by Gasteiger charge is 2.08. The third kappa shape index (κ3) is 8.73. The summed E-state index contributed by atoms with van der Waals surface area (Å²) >= 11 is 3.34. The number of ether oxygens (including phenoxy) is 2. The Bertz CT molecular complexity index is 1280. The number of hydrazone groups is 1. The average molecular weight is 552 g/mol. The number of benzene rings is 2. The molecular formula is C26H22BrN3O6. The molecule has 36 heavy (non-hydrogen) atoms. The maximum Gasteiger partial charge on any atom is 0.336 e. The SMILES string of the molecule is COc1ccc(/C=C\C(=O)NCC(=O)NN=Cc2cc(Br)ccc2OC(=O)/C=C/c2ccco2)cc1. The van der Waals surface area contributed by atoms with E-state index in [-0.39, 0.29) is 12.3 Å². The molecule has 0 saturated heterocycles. The van der Waals surface area contributed by atoms with Crippen LogP contribution in [-0.4, -0.2) is 37.7 Å². The Balaban J connectivity index is 1.49. The number of furan rings is 1. The lowest BCUT2D eigenvalue weighted by Gasteiger charge is -2.06. The number of carbonyl (C=O) groups is 3. The van der Waals surface area contributed by atoms with E-state index in [1.165, 1.54) is 30.7 Å². The fourth-order valence-electron chi connectivity index (χ4n) is 2.72. The zero-order valence-electron chi connectivity index (χ0n) is 19.1. The van der Waals surface area contributed by atoms with E-state index >= 15 is 0 Å². The Labute approximate surface area is 215 Å². The molecule has 0 spiro atoms. The molecular weight excluding hydrogens is 530 g/mol. The smallest absolute Gasteiger partial charge is 0.336 e. The number of carbonyl (C=O) groups excluding carboxylic acids is 3. The summed E-state index contributed by atoms with van der Waals surface area (Å²) in [5.41, 5.74) is 3.56. The number of hydrogen-bond acceptors (Lipinski definition) is 7. The zero-order valence-corrected chi connectivity index (χ0v) is 20.7. The highest BCUT2D eigenvalue weighted by Crippen LogP contribution is 2.22. The number of nitrogens with zero attached hydrogens (tertiary/aromatic N) is 1. The first-order chi connectivity index (χ1) is 17.4. The first-order valence-electron chi connectivity index (χ1n) is 10.6. The topological polar surface area (TPSA) is 119 Å². The van der Waals surface area contributed by atoms with Crippen molar-refractivity contribution < 1.29 is 28.3 Å². The second kappa shape index (κ2) is 13.4. The van der Waals surface area contributed by atoms with E-state index in [0.29, 0.717) is 17.1 Å². The number of halogens is 1. The van der Waals surface area contributed by atoms with Crippen molar-refractivity contribution in [2.45, 2.75) is 0 Å². The molecule has 0 saturated carbocycles. The number of esters is 1. The summed E-state index contributed by atoms with van der Waals surface area (Å²) in [4.78, 5) is 36.1. The van der Waals surface area contributed by atoms with E-state index in [9.17, 15) is 14.4 Å². The molecule has 1 aromatic heterocycles. The molecule has 2 aromatic carbocycles. The summed E-state index contributed by atoms with van der Waals surface area (Å²) in [5.74, 6) is -0.124. The second-order valence-electron chi connectivity index (χ2n) is 7.07. The molecule has 3 aromatic rings. The van der Waals surface area contributed by atoms with Crippen LogP contribution >= 0.6 is 15.9 Å². The Morgan fingerprint density at radius 2 is 1.86 bits per heavy atom. The van der Waals surface area contributed by atoms with Gasteiger partial charge in [0.05, 0.1) is 26.1 Å². The Kier molecular flexibility index (Phi) is 9.78. The van der Waals surface area contributed by atoms with Crippen LogP contribution in [0.3, 0.4) is 0 Å². The van der Waals surface area contributed by atoms with Gasteiger partial charge in [0, 0.05) is 22.2 Å². The summed E-state index contributed by atoms with van der Waals surface area (Å²) < 4.78 is 16.3. The van der Waals surface area contributed by atoms with Crippen molar-refractivity contribution in [3.8, 4) is 11.5 Å². The van der Waals surface area contributed by atoms with Gasteiger partial charge in [-0.2, -0.15) is 5.10 Å². The molecule has 0 aliphatic rings. The van der Waals surface area contributed by atoms with Gasteiger partial charge >= 0.3 is 5.97 Å². The average Bonchev–Trinajstić information content (AvgIpc) is 3.40. The maximum absolute atomic E-state index is 12.1. The van der Waals surface area contributed by atoms with Crippen LogP contribution in [0, 0.1) is 0 Å². The molecule has 2 amide bonds. The van der Waals surface area contributed by atoms with Gasteiger partial charge in [0.2, 0.25) is 5.91 Å². The minimum atomic E-state index is -0.613. The second-order valence-corrected chi connectivity index (χ2v) is 7.99.